The Morgan fingerprint density at radius 2 is 2.19 bits per heavy atom. The maximum absolute atomic E-state index is 10.9. The smallest absolute Gasteiger partial charge is 0.337 e. The molecule has 1 heterocycles. The normalized spacial score (nSPS) is 9.81. The monoisotopic (exact) mass is 223 g/mol. The first-order valence-corrected chi connectivity index (χ1v) is 4.73. The SMILES string of the molecule is CNC(=O)CNCc1ccc(C(=O)O)cn1. The van der Waals surface area contributed by atoms with E-state index in [9.17, 15) is 9.59 Å². The van der Waals surface area contributed by atoms with Crippen LogP contribution in [-0.2, 0) is 11.3 Å². The molecule has 0 atom stereocenters. The van der Waals surface area contributed by atoms with E-state index in [4.69, 9.17) is 5.11 Å². The number of carboxylic acids is 1. The maximum atomic E-state index is 10.9. The van der Waals surface area contributed by atoms with Gasteiger partial charge in [0.1, 0.15) is 0 Å². The Morgan fingerprint density at radius 3 is 2.69 bits per heavy atom. The summed E-state index contributed by atoms with van der Waals surface area (Å²) in [5.41, 5.74) is 0.837. The van der Waals surface area contributed by atoms with Gasteiger partial charge in [0.25, 0.3) is 0 Å². The topological polar surface area (TPSA) is 91.3 Å². The Labute approximate surface area is 92.7 Å². The van der Waals surface area contributed by atoms with Gasteiger partial charge in [-0.2, -0.15) is 0 Å². The van der Waals surface area contributed by atoms with Crippen molar-refractivity contribution in [1.82, 2.24) is 15.6 Å². The van der Waals surface area contributed by atoms with Crippen molar-refractivity contribution < 1.29 is 14.7 Å². The molecule has 1 aromatic rings. The first-order chi connectivity index (χ1) is 7.63. The minimum atomic E-state index is -1.00. The molecule has 1 rings (SSSR count). The molecule has 86 valence electrons. The second kappa shape index (κ2) is 5.82. The number of hydrogen-bond acceptors (Lipinski definition) is 4. The van der Waals surface area contributed by atoms with E-state index in [1.807, 2.05) is 0 Å². The summed E-state index contributed by atoms with van der Waals surface area (Å²) < 4.78 is 0. The zero-order valence-electron chi connectivity index (χ0n) is 8.86. The van der Waals surface area contributed by atoms with Crippen LogP contribution in [0.3, 0.4) is 0 Å². The lowest BCUT2D eigenvalue weighted by Crippen LogP contribution is -2.31. The van der Waals surface area contributed by atoms with Crippen LogP contribution in [0.2, 0.25) is 0 Å². The van der Waals surface area contributed by atoms with E-state index in [1.165, 1.54) is 12.3 Å². The minimum Gasteiger partial charge on any atom is -0.478 e. The van der Waals surface area contributed by atoms with Gasteiger partial charge in [0.05, 0.1) is 17.8 Å². The third-order valence-electron chi connectivity index (χ3n) is 1.94. The summed E-state index contributed by atoms with van der Waals surface area (Å²) in [6.45, 7) is 0.631. The number of aromatic nitrogens is 1. The lowest BCUT2D eigenvalue weighted by Gasteiger charge is -2.03. The Balaban J connectivity index is 2.43. The first kappa shape index (κ1) is 12.1. The molecule has 1 amide bonds. The van der Waals surface area contributed by atoms with Crippen molar-refractivity contribution in [3.05, 3.63) is 29.6 Å². The molecule has 16 heavy (non-hydrogen) atoms. The van der Waals surface area contributed by atoms with Crippen LogP contribution >= 0.6 is 0 Å². The predicted octanol–water partition coefficient (Wildman–Crippen LogP) is -0.385. The van der Waals surface area contributed by atoms with E-state index in [-0.39, 0.29) is 18.0 Å². The molecule has 6 heteroatoms. The zero-order chi connectivity index (χ0) is 12.0. The Morgan fingerprint density at radius 1 is 1.44 bits per heavy atom. The Bertz CT molecular complexity index is 375. The van der Waals surface area contributed by atoms with Gasteiger partial charge in [0.15, 0.2) is 0 Å². The average molecular weight is 223 g/mol. The van der Waals surface area contributed by atoms with Crippen LogP contribution in [0.4, 0.5) is 0 Å². The van der Waals surface area contributed by atoms with Gasteiger partial charge in [-0.3, -0.25) is 9.78 Å². The number of carbonyl (C=O) groups excluding carboxylic acids is 1. The molecule has 0 aliphatic carbocycles. The van der Waals surface area contributed by atoms with Gasteiger partial charge in [-0.1, -0.05) is 0 Å². The summed E-state index contributed by atoms with van der Waals surface area (Å²) in [5, 5.41) is 14.0. The van der Waals surface area contributed by atoms with E-state index in [0.717, 1.165) is 0 Å². The molecule has 0 radical (unpaired) electrons. The van der Waals surface area contributed by atoms with Crippen LogP contribution in [0.5, 0.6) is 0 Å². The standard InChI is InChI=1S/C10H13N3O3/c1-11-9(14)6-12-5-8-3-2-7(4-13-8)10(15)16/h2-4,12H,5-6H2,1H3,(H,11,14)(H,15,16). The number of nitrogens with one attached hydrogen (secondary N) is 2. The van der Waals surface area contributed by atoms with Crippen molar-refractivity contribution in [2.75, 3.05) is 13.6 Å². The molecular weight excluding hydrogens is 210 g/mol. The van der Waals surface area contributed by atoms with Crippen LogP contribution in [0.15, 0.2) is 18.3 Å². The number of pyridine rings is 1. The molecule has 0 aliphatic rings. The summed E-state index contributed by atoms with van der Waals surface area (Å²) in [5.74, 6) is -1.11. The number of carbonyl (C=O) groups is 2. The largest absolute Gasteiger partial charge is 0.478 e. The first-order valence-electron chi connectivity index (χ1n) is 4.73. The molecule has 0 unspecified atom stereocenters. The predicted molar refractivity (Wildman–Crippen MR) is 57.0 cm³/mol. The zero-order valence-corrected chi connectivity index (χ0v) is 8.86. The fraction of sp³-hybridized carbons (Fsp3) is 0.300. The molecule has 0 spiro atoms. The fourth-order valence-corrected chi connectivity index (χ4v) is 1.05. The third kappa shape index (κ3) is 3.66. The number of rotatable bonds is 5. The molecule has 6 nitrogen and oxygen atoms in total. The average Bonchev–Trinajstić information content (AvgIpc) is 2.29. The van der Waals surface area contributed by atoms with Gasteiger partial charge in [-0.25, -0.2) is 4.79 Å². The Kier molecular flexibility index (Phi) is 4.41. The van der Waals surface area contributed by atoms with Gasteiger partial charge in [0, 0.05) is 19.8 Å². The third-order valence-corrected chi connectivity index (χ3v) is 1.94. The summed E-state index contributed by atoms with van der Waals surface area (Å²) in [6, 6.07) is 3.09. The molecular formula is C10H13N3O3. The van der Waals surface area contributed by atoms with Gasteiger partial charge >= 0.3 is 5.97 Å². The van der Waals surface area contributed by atoms with Crippen LogP contribution in [-0.4, -0.2) is 35.6 Å². The molecule has 0 bridgehead atoms. The summed E-state index contributed by atoms with van der Waals surface area (Å²) in [6.07, 6.45) is 1.29. The van der Waals surface area contributed by atoms with E-state index in [0.29, 0.717) is 12.2 Å². The fourth-order valence-electron chi connectivity index (χ4n) is 1.05. The van der Waals surface area contributed by atoms with Crippen LogP contribution < -0.4 is 10.6 Å². The summed E-state index contributed by atoms with van der Waals surface area (Å²) in [4.78, 5) is 25.4. The number of aromatic carboxylic acids is 1. The molecule has 3 N–H and O–H groups in total. The number of amides is 1. The van der Waals surface area contributed by atoms with Gasteiger partial charge in [-0.15, -0.1) is 0 Å². The lowest BCUT2D eigenvalue weighted by atomic mass is 10.2. The highest BCUT2D eigenvalue weighted by Gasteiger charge is 2.03. The number of nitrogens with zero attached hydrogens (tertiary/aromatic N) is 1. The Hall–Kier alpha value is -1.95. The van der Waals surface area contributed by atoms with Crippen molar-refractivity contribution in [3.8, 4) is 0 Å². The molecule has 0 saturated heterocycles. The van der Waals surface area contributed by atoms with Crippen molar-refractivity contribution in [3.63, 3.8) is 0 Å². The second-order valence-electron chi connectivity index (χ2n) is 3.12. The van der Waals surface area contributed by atoms with E-state index < -0.39 is 5.97 Å². The maximum Gasteiger partial charge on any atom is 0.337 e. The number of carboxylic acid groups (broad SMARTS) is 1. The molecule has 0 saturated carbocycles. The van der Waals surface area contributed by atoms with Gasteiger partial charge in [-0.05, 0) is 12.1 Å². The van der Waals surface area contributed by atoms with E-state index in [1.54, 1.807) is 13.1 Å². The van der Waals surface area contributed by atoms with Crippen LogP contribution in [0, 0.1) is 0 Å². The second-order valence-corrected chi connectivity index (χ2v) is 3.12. The molecule has 0 fully saturated rings. The number of likely N-dealkylation sites (N-methyl/N-ethyl adjacent to an activating group) is 1. The molecule has 1 aromatic heterocycles. The quantitative estimate of drug-likeness (QED) is 0.632. The van der Waals surface area contributed by atoms with Crippen LogP contribution in [0.25, 0.3) is 0 Å². The van der Waals surface area contributed by atoms with Crippen molar-refractivity contribution >= 4 is 11.9 Å². The van der Waals surface area contributed by atoms with Crippen molar-refractivity contribution in [2.45, 2.75) is 6.54 Å². The van der Waals surface area contributed by atoms with E-state index >= 15 is 0 Å². The summed E-state index contributed by atoms with van der Waals surface area (Å²) in [7, 11) is 1.56. The van der Waals surface area contributed by atoms with Crippen molar-refractivity contribution in [1.29, 1.82) is 0 Å². The van der Waals surface area contributed by atoms with Crippen LogP contribution in [0.1, 0.15) is 16.1 Å². The highest BCUT2D eigenvalue weighted by atomic mass is 16.4. The summed E-state index contributed by atoms with van der Waals surface area (Å²) >= 11 is 0. The lowest BCUT2D eigenvalue weighted by molar-refractivity contribution is -0.119. The molecule has 0 aliphatic heterocycles. The van der Waals surface area contributed by atoms with E-state index in [2.05, 4.69) is 15.6 Å². The minimum absolute atomic E-state index is 0.109. The number of hydrogen-bond donors (Lipinski definition) is 3. The van der Waals surface area contributed by atoms with Gasteiger partial charge < -0.3 is 15.7 Å². The highest BCUT2D eigenvalue weighted by Crippen LogP contribution is 1.99. The molecule has 0 aromatic carbocycles. The van der Waals surface area contributed by atoms with Gasteiger partial charge in [0.2, 0.25) is 5.91 Å². The van der Waals surface area contributed by atoms with Crippen molar-refractivity contribution in [2.24, 2.45) is 0 Å². The highest BCUT2D eigenvalue weighted by molar-refractivity contribution is 5.87.